The van der Waals surface area contributed by atoms with Crippen LogP contribution >= 0.6 is 0 Å². The number of amides is 1. The number of ether oxygens (including phenoxy) is 2. The zero-order chi connectivity index (χ0) is 17.5. The summed E-state index contributed by atoms with van der Waals surface area (Å²) < 4.78 is 23.3. The fourth-order valence-corrected chi connectivity index (χ4v) is 1.19. The number of hydrogen-bond donors (Lipinski definition) is 1. The number of nitrogens with one attached hydrogen (secondary N) is 1. The van der Waals surface area contributed by atoms with Crippen molar-refractivity contribution in [2.45, 2.75) is 34.6 Å². The van der Waals surface area contributed by atoms with Crippen LogP contribution in [0, 0.1) is 5.92 Å². The third-order valence-electron chi connectivity index (χ3n) is 2.26. The highest BCUT2D eigenvalue weighted by molar-refractivity contribution is 5.77. The number of carbonyl (C=O) groups excluding carboxylic acids is 1. The molecule has 0 spiro atoms. The minimum atomic E-state index is -0.583. The van der Waals surface area contributed by atoms with Gasteiger partial charge in [0.25, 0.3) is 0 Å². The van der Waals surface area contributed by atoms with Crippen molar-refractivity contribution in [2.75, 3.05) is 26.4 Å². The maximum Gasteiger partial charge on any atom is 0.222 e. The van der Waals surface area contributed by atoms with E-state index in [0.29, 0.717) is 31.1 Å². The van der Waals surface area contributed by atoms with Crippen LogP contribution in [0.2, 0.25) is 0 Å². The Morgan fingerprint density at radius 3 is 2.27 bits per heavy atom. The molecule has 0 atom stereocenters. The first-order chi connectivity index (χ1) is 10.3. The molecule has 0 aromatic heterocycles. The van der Waals surface area contributed by atoms with E-state index in [1.165, 1.54) is 6.08 Å². The van der Waals surface area contributed by atoms with E-state index in [1.54, 1.807) is 6.92 Å². The third kappa shape index (κ3) is 13.4. The molecule has 4 nitrogen and oxygen atoms in total. The van der Waals surface area contributed by atoms with Crippen molar-refractivity contribution in [3.05, 3.63) is 36.4 Å². The van der Waals surface area contributed by atoms with Gasteiger partial charge in [0.1, 0.15) is 18.2 Å². The Morgan fingerprint density at radius 2 is 1.82 bits per heavy atom. The van der Waals surface area contributed by atoms with E-state index in [1.807, 2.05) is 27.7 Å². The highest BCUT2D eigenvalue weighted by atomic mass is 19.1. The molecule has 1 N–H and O–H groups in total. The molecule has 0 aliphatic carbocycles. The van der Waals surface area contributed by atoms with Gasteiger partial charge in [0.2, 0.25) is 5.91 Å². The molecule has 0 aliphatic rings. The molecule has 1 amide bonds. The summed E-state index contributed by atoms with van der Waals surface area (Å²) in [5, 5.41) is 2.73. The lowest BCUT2D eigenvalue weighted by atomic mass is 10.2. The molecular formula is C17H30FNO3. The molecule has 22 heavy (non-hydrogen) atoms. The summed E-state index contributed by atoms with van der Waals surface area (Å²) in [6.45, 7) is 17.7. The standard InChI is InChI=1S/C15H24FNO3.C2H6/c1-11(2)14(10-13(5)16)20-9-8-19-7-6-17-15(18)12(3)4;1-2/h10,12H,1,5-9H2,2-4H3,(H,17,18);1-2H3/b14-10+;. The number of allylic oxidation sites excluding steroid dienone is 3. The van der Waals surface area contributed by atoms with E-state index < -0.39 is 5.83 Å². The number of carbonyl (C=O) groups is 1. The van der Waals surface area contributed by atoms with E-state index in [4.69, 9.17) is 9.47 Å². The van der Waals surface area contributed by atoms with Crippen LogP contribution in [0.25, 0.3) is 0 Å². The molecule has 0 saturated carbocycles. The van der Waals surface area contributed by atoms with E-state index >= 15 is 0 Å². The van der Waals surface area contributed by atoms with Crippen LogP contribution in [0.5, 0.6) is 0 Å². The van der Waals surface area contributed by atoms with Crippen molar-refractivity contribution in [1.82, 2.24) is 5.32 Å². The summed E-state index contributed by atoms with van der Waals surface area (Å²) in [5.41, 5.74) is 0.619. The van der Waals surface area contributed by atoms with Crippen molar-refractivity contribution < 1.29 is 18.7 Å². The van der Waals surface area contributed by atoms with Gasteiger partial charge in [-0.25, -0.2) is 4.39 Å². The SMILES string of the molecule is C=C(F)/C=C(/OCCOCCNC(=O)C(C)C)C(=C)C.CC. The Balaban J connectivity index is 0. The summed E-state index contributed by atoms with van der Waals surface area (Å²) in [6.07, 6.45) is 1.19. The molecule has 0 radical (unpaired) electrons. The largest absolute Gasteiger partial charge is 0.491 e. The molecule has 0 unspecified atom stereocenters. The Hall–Kier alpha value is -1.62. The second kappa shape index (κ2) is 14.3. The summed E-state index contributed by atoms with van der Waals surface area (Å²) in [6, 6.07) is 0. The van der Waals surface area contributed by atoms with Gasteiger partial charge in [-0.05, 0) is 12.5 Å². The maximum atomic E-state index is 12.7. The van der Waals surface area contributed by atoms with Gasteiger partial charge in [-0.15, -0.1) is 0 Å². The van der Waals surface area contributed by atoms with Crippen LogP contribution in [-0.2, 0) is 14.3 Å². The van der Waals surface area contributed by atoms with Gasteiger partial charge in [0, 0.05) is 18.5 Å². The Kier molecular flexibility index (Phi) is 14.8. The van der Waals surface area contributed by atoms with Crippen molar-refractivity contribution in [3.8, 4) is 0 Å². The molecule has 5 heteroatoms. The normalized spacial score (nSPS) is 10.6. The number of hydrogen-bond acceptors (Lipinski definition) is 3. The van der Waals surface area contributed by atoms with E-state index in [9.17, 15) is 9.18 Å². The molecule has 0 fully saturated rings. The first kappa shape index (κ1) is 22.7. The van der Waals surface area contributed by atoms with Gasteiger partial charge in [-0.1, -0.05) is 40.9 Å². The molecule has 0 saturated heterocycles. The zero-order valence-electron chi connectivity index (χ0n) is 14.5. The molecular weight excluding hydrogens is 285 g/mol. The Bertz CT molecular complexity index is 376. The zero-order valence-corrected chi connectivity index (χ0v) is 14.5. The number of rotatable bonds is 10. The average Bonchev–Trinajstić information content (AvgIpc) is 2.46. The van der Waals surface area contributed by atoms with Crippen LogP contribution in [0.1, 0.15) is 34.6 Å². The lowest BCUT2D eigenvalue weighted by Gasteiger charge is -2.11. The molecule has 0 rings (SSSR count). The first-order valence-corrected chi connectivity index (χ1v) is 7.54. The van der Waals surface area contributed by atoms with Crippen LogP contribution in [0.4, 0.5) is 4.39 Å². The molecule has 128 valence electrons. The fourth-order valence-electron chi connectivity index (χ4n) is 1.19. The van der Waals surface area contributed by atoms with Gasteiger partial charge >= 0.3 is 0 Å². The molecule has 0 aromatic carbocycles. The second-order valence-electron chi connectivity index (χ2n) is 4.64. The van der Waals surface area contributed by atoms with E-state index in [-0.39, 0.29) is 18.4 Å². The molecule has 0 bridgehead atoms. The van der Waals surface area contributed by atoms with Crippen LogP contribution in [-0.4, -0.2) is 32.3 Å². The van der Waals surface area contributed by atoms with Crippen LogP contribution in [0.15, 0.2) is 36.4 Å². The maximum absolute atomic E-state index is 12.7. The van der Waals surface area contributed by atoms with Gasteiger partial charge in [-0.2, -0.15) is 0 Å². The second-order valence-corrected chi connectivity index (χ2v) is 4.64. The van der Waals surface area contributed by atoms with Crippen molar-refractivity contribution >= 4 is 5.91 Å². The summed E-state index contributed by atoms with van der Waals surface area (Å²) in [4.78, 5) is 11.2. The predicted octanol–water partition coefficient (Wildman–Crippen LogP) is 3.76. The summed E-state index contributed by atoms with van der Waals surface area (Å²) in [7, 11) is 0. The highest BCUT2D eigenvalue weighted by Crippen LogP contribution is 2.11. The molecule has 0 aromatic rings. The Morgan fingerprint density at radius 1 is 1.23 bits per heavy atom. The lowest BCUT2D eigenvalue weighted by Crippen LogP contribution is -2.31. The average molecular weight is 315 g/mol. The van der Waals surface area contributed by atoms with Gasteiger partial charge in [-0.3, -0.25) is 4.79 Å². The fraction of sp³-hybridized carbons (Fsp3) is 0.588. The summed E-state index contributed by atoms with van der Waals surface area (Å²) >= 11 is 0. The smallest absolute Gasteiger partial charge is 0.222 e. The molecule has 0 heterocycles. The van der Waals surface area contributed by atoms with E-state index in [2.05, 4.69) is 18.5 Å². The van der Waals surface area contributed by atoms with Gasteiger partial charge in [0.05, 0.1) is 13.2 Å². The van der Waals surface area contributed by atoms with Crippen LogP contribution < -0.4 is 5.32 Å². The van der Waals surface area contributed by atoms with Gasteiger partial charge < -0.3 is 14.8 Å². The number of halogens is 1. The quantitative estimate of drug-likeness (QED) is 0.379. The van der Waals surface area contributed by atoms with Crippen molar-refractivity contribution in [2.24, 2.45) is 5.92 Å². The third-order valence-corrected chi connectivity index (χ3v) is 2.26. The lowest BCUT2D eigenvalue weighted by molar-refractivity contribution is -0.124. The predicted molar refractivity (Wildman–Crippen MR) is 89.1 cm³/mol. The first-order valence-electron chi connectivity index (χ1n) is 7.54. The minimum absolute atomic E-state index is 0.00110. The highest BCUT2D eigenvalue weighted by Gasteiger charge is 2.05. The molecule has 0 aliphatic heterocycles. The van der Waals surface area contributed by atoms with E-state index in [0.717, 1.165) is 0 Å². The van der Waals surface area contributed by atoms with Gasteiger partial charge in [0.15, 0.2) is 0 Å². The van der Waals surface area contributed by atoms with Crippen molar-refractivity contribution in [3.63, 3.8) is 0 Å². The minimum Gasteiger partial charge on any atom is -0.491 e. The Labute approximate surface area is 134 Å². The monoisotopic (exact) mass is 315 g/mol. The summed E-state index contributed by atoms with van der Waals surface area (Å²) in [5.74, 6) is -0.260. The topological polar surface area (TPSA) is 47.6 Å². The van der Waals surface area contributed by atoms with Crippen LogP contribution in [0.3, 0.4) is 0 Å². The van der Waals surface area contributed by atoms with Crippen molar-refractivity contribution in [1.29, 1.82) is 0 Å².